The molecule has 0 atom stereocenters. The molecule has 6 nitrogen and oxygen atoms in total. The van der Waals surface area contributed by atoms with Crippen molar-refractivity contribution in [2.24, 2.45) is 0 Å². The zero-order valence-electron chi connectivity index (χ0n) is 13.7. The number of hydrogen-bond donors (Lipinski definition) is 2. The summed E-state index contributed by atoms with van der Waals surface area (Å²) in [7, 11) is 0. The fourth-order valence-corrected chi connectivity index (χ4v) is 3.04. The Hall–Kier alpha value is -1.85. The molecule has 0 bridgehead atoms. The van der Waals surface area contributed by atoms with Crippen LogP contribution in [0.15, 0.2) is 11.6 Å². The normalized spacial score (nSPS) is 17.8. The summed E-state index contributed by atoms with van der Waals surface area (Å²) in [6, 6.07) is 0. The van der Waals surface area contributed by atoms with Gasteiger partial charge in [0.05, 0.1) is 0 Å². The number of amides is 3. The number of hydrogen-bond acceptors (Lipinski definition) is 3. The molecule has 3 amide bonds. The SMILES string of the molecule is O=C(NCCCN1CCCC1=O)C(=O)NCCC1=CCCCC1. The van der Waals surface area contributed by atoms with Crippen LogP contribution in [0.3, 0.4) is 0 Å². The van der Waals surface area contributed by atoms with Crippen molar-refractivity contribution < 1.29 is 14.4 Å². The predicted octanol–water partition coefficient (Wildman–Crippen LogP) is 1.12. The minimum absolute atomic E-state index is 0.186. The summed E-state index contributed by atoms with van der Waals surface area (Å²) < 4.78 is 0. The lowest BCUT2D eigenvalue weighted by molar-refractivity contribution is -0.139. The van der Waals surface area contributed by atoms with Gasteiger partial charge in [-0.25, -0.2) is 0 Å². The fourth-order valence-electron chi connectivity index (χ4n) is 3.04. The van der Waals surface area contributed by atoms with E-state index in [1.165, 1.54) is 18.4 Å². The molecule has 23 heavy (non-hydrogen) atoms. The van der Waals surface area contributed by atoms with Gasteiger partial charge in [-0.2, -0.15) is 0 Å². The topological polar surface area (TPSA) is 78.5 Å². The Morgan fingerprint density at radius 3 is 2.48 bits per heavy atom. The first-order valence-corrected chi connectivity index (χ1v) is 8.68. The molecule has 0 spiro atoms. The molecular weight excluding hydrogens is 294 g/mol. The second-order valence-electron chi connectivity index (χ2n) is 6.21. The Labute approximate surface area is 137 Å². The summed E-state index contributed by atoms with van der Waals surface area (Å²) >= 11 is 0. The third-order valence-electron chi connectivity index (χ3n) is 4.38. The van der Waals surface area contributed by atoms with Crippen LogP contribution in [0.1, 0.15) is 51.4 Å². The van der Waals surface area contributed by atoms with Crippen molar-refractivity contribution in [1.82, 2.24) is 15.5 Å². The van der Waals surface area contributed by atoms with Gasteiger partial charge in [-0.1, -0.05) is 11.6 Å². The van der Waals surface area contributed by atoms with E-state index in [4.69, 9.17) is 0 Å². The lowest BCUT2D eigenvalue weighted by Crippen LogP contribution is -2.41. The first kappa shape index (κ1) is 17.5. The molecule has 1 aliphatic carbocycles. The smallest absolute Gasteiger partial charge is 0.309 e. The summed E-state index contributed by atoms with van der Waals surface area (Å²) in [6.45, 7) is 2.39. The van der Waals surface area contributed by atoms with Crippen LogP contribution in [0.2, 0.25) is 0 Å². The molecule has 0 radical (unpaired) electrons. The van der Waals surface area contributed by atoms with Crippen molar-refractivity contribution in [3.63, 3.8) is 0 Å². The number of rotatable bonds is 7. The van der Waals surface area contributed by atoms with Gasteiger partial charge in [0.1, 0.15) is 0 Å². The van der Waals surface area contributed by atoms with E-state index in [0.717, 1.165) is 32.2 Å². The van der Waals surface area contributed by atoms with E-state index < -0.39 is 11.8 Å². The number of allylic oxidation sites excluding steroid dienone is 1. The van der Waals surface area contributed by atoms with E-state index in [9.17, 15) is 14.4 Å². The number of likely N-dealkylation sites (tertiary alicyclic amines) is 1. The summed E-state index contributed by atoms with van der Waals surface area (Å²) in [5.74, 6) is -0.972. The lowest BCUT2D eigenvalue weighted by Gasteiger charge is -2.15. The Bertz CT molecular complexity index is 474. The molecule has 1 aliphatic heterocycles. The monoisotopic (exact) mass is 321 g/mol. The zero-order valence-corrected chi connectivity index (χ0v) is 13.7. The number of nitrogens with one attached hydrogen (secondary N) is 2. The Morgan fingerprint density at radius 2 is 1.83 bits per heavy atom. The molecule has 0 aromatic heterocycles. The molecular formula is C17H27N3O3. The van der Waals surface area contributed by atoms with Crippen molar-refractivity contribution >= 4 is 17.7 Å². The molecule has 2 aliphatic rings. The highest BCUT2D eigenvalue weighted by molar-refractivity contribution is 6.35. The standard InChI is InChI=1S/C17H27N3O3/c21-15-8-4-12-20(15)13-5-10-18-16(22)17(23)19-11-9-14-6-2-1-3-7-14/h6H,1-5,7-13H2,(H,18,22)(H,19,23). The zero-order chi connectivity index (χ0) is 16.5. The Morgan fingerprint density at radius 1 is 1.04 bits per heavy atom. The number of carbonyl (C=O) groups is 3. The average molecular weight is 321 g/mol. The van der Waals surface area contributed by atoms with Crippen LogP contribution in [0.5, 0.6) is 0 Å². The molecule has 1 heterocycles. The van der Waals surface area contributed by atoms with Gasteiger partial charge in [0.2, 0.25) is 5.91 Å². The van der Waals surface area contributed by atoms with Gasteiger partial charge in [0.15, 0.2) is 0 Å². The maximum atomic E-state index is 11.7. The largest absolute Gasteiger partial charge is 0.348 e. The molecule has 0 aromatic rings. The molecule has 0 saturated carbocycles. The van der Waals surface area contributed by atoms with Gasteiger partial charge in [0, 0.05) is 32.6 Å². The van der Waals surface area contributed by atoms with Crippen molar-refractivity contribution in [2.45, 2.75) is 51.4 Å². The van der Waals surface area contributed by atoms with Gasteiger partial charge < -0.3 is 15.5 Å². The predicted molar refractivity (Wildman–Crippen MR) is 87.6 cm³/mol. The molecule has 1 fully saturated rings. The van der Waals surface area contributed by atoms with Gasteiger partial charge in [0.25, 0.3) is 0 Å². The molecule has 128 valence electrons. The molecule has 2 rings (SSSR count). The van der Waals surface area contributed by atoms with Crippen LogP contribution in [0.25, 0.3) is 0 Å². The van der Waals surface area contributed by atoms with Crippen LogP contribution in [0.4, 0.5) is 0 Å². The molecule has 2 N–H and O–H groups in total. The maximum Gasteiger partial charge on any atom is 0.309 e. The highest BCUT2D eigenvalue weighted by atomic mass is 16.2. The van der Waals surface area contributed by atoms with Crippen LogP contribution in [-0.4, -0.2) is 48.8 Å². The summed E-state index contributed by atoms with van der Waals surface area (Å²) in [6.07, 6.45) is 10.0. The van der Waals surface area contributed by atoms with E-state index in [-0.39, 0.29) is 5.91 Å². The Balaban J connectivity index is 1.53. The summed E-state index contributed by atoms with van der Waals surface area (Å²) in [4.78, 5) is 36.6. The molecule has 0 aromatic carbocycles. The van der Waals surface area contributed by atoms with Crippen LogP contribution < -0.4 is 10.6 Å². The summed E-state index contributed by atoms with van der Waals surface area (Å²) in [5, 5.41) is 5.27. The first-order valence-electron chi connectivity index (χ1n) is 8.68. The van der Waals surface area contributed by atoms with Gasteiger partial charge in [-0.05, 0) is 44.9 Å². The number of nitrogens with zero attached hydrogens (tertiary/aromatic N) is 1. The maximum absolute atomic E-state index is 11.7. The minimum atomic E-state index is -0.588. The lowest BCUT2D eigenvalue weighted by atomic mass is 9.97. The van der Waals surface area contributed by atoms with E-state index in [2.05, 4.69) is 16.7 Å². The van der Waals surface area contributed by atoms with E-state index in [1.807, 2.05) is 4.90 Å². The van der Waals surface area contributed by atoms with Gasteiger partial charge in [-0.15, -0.1) is 0 Å². The summed E-state index contributed by atoms with van der Waals surface area (Å²) in [5.41, 5.74) is 1.38. The van der Waals surface area contributed by atoms with E-state index >= 15 is 0 Å². The quantitative estimate of drug-likeness (QED) is 0.419. The third-order valence-corrected chi connectivity index (χ3v) is 4.38. The number of carbonyl (C=O) groups excluding carboxylic acids is 3. The molecule has 0 unspecified atom stereocenters. The van der Waals surface area contributed by atoms with Crippen molar-refractivity contribution in [3.05, 3.63) is 11.6 Å². The second-order valence-corrected chi connectivity index (χ2v) is 6.21. The van der Waals surface area contributed by atoms with Crippen molar-refractivity contribution in [2.75, 3.05) is 26.2 Å². The minimum Gasteiger partial charge on any atom is -0.348 e. The van der Waals surface area contributed by atoms with Crippen LogP contribution in [-0.2, 0) is 14.4 Å². The van der Waals surface area contributed by atoms with Crippen molar-refractivity contribution in [1.29, 1.82) is 0 Å². The first-order chi connectivity index (χ1) is 11.2. The van der Waals surface area contributed by atoms with Crippen LogP contribution in [0, 0.1) is 0 Å². The van der Waals surface area contributed by atoms with E-state index in [0.29, 0.717) is 32.5 Å². The molecule has 1 saturated heterocycles. The highest BCUT2D eigenvalue weighted by Crippen LogP contribution is 2.19. The second kappa shape index (κ2) is 9.33. The van der Waals surface area contributed by atoms with Crippen molar-refractivity contribution in [3.8, 4) is 0 Å². The molecule has 6 heteroatoms. The van der Waals surface area contributed by atoms with E-state index in [1.54, 1.807) is 0 Å². The van der Waals surface area contributed by atoms with Gasteiger partial charge >= 0.3 is 11.8 Å². The van der Waals surface area contributed by atoms with Gasteiger partial charge in [-0.3, -0.25) is 14.4 Å². The Kier molecular flexibility index (Phi) is 7.10. The third kappa shape index (κ3) is 6.04. The average Bonchev–Trinajstić information content (AvgIpc) is 2.97. The highest BCUT2D eigenvalue weighted by Gasteiger charge is 2.19. The van der Waals surface area contributed by atoms with Crippen LogP contribution >= 0.6 is 0 Å². The fraction of sp³-hybridized carbons (Fsp3) is 0.706.